The van der Waals surface area contributed by atoms with E-state index in [1.54, 1.807) is 12.1 Å². The summed E-state index contributed by atoms with van der Waals surface area (Å²) >= 11 is 1.21. The number of aromatic nitrogens is 1. The number of amides is 2. The van der Waals surface area contributed by atoms with Crippen molar-refractivity contribution >= 4 is 29.1 Å². The first-order valence-corrected chi connectivity index (χ1v) is 9.37. The van der Waals surface area contributed by atoms with Gasteiger partial charge in [0.15, 0.2) is 12.3 Å². The van der Waals surface area contributed by atoms with E-state index in [9.17, 15) is 18.8 Å². The summed E-state index contributed by atoms with van der Waals surface area (Å²) in [5.74, 6) is -1.92. The molecule has 0 saturated heterocycles. The predicted molar refractivity (Wildman–Crippen MR) is 103 cm³/mol. The molecule has 1 aromatic heterocycles. The number of ether oxygens (including phenoxy) is 1. The van der Waals surface area contributed by atoms with Crippen molar-refractivity contribution in [2.24, 2.45) is 0 Å². The minimum Gasteiger partial charge on any atom is -0.451 e. The molecule has 0 aliphatic carbocycles. The highest BCUT2D eigenvalue weighted by atomic mass is 32.1. The number of benzene rings is 1. The minimum atomic E-state index is -0.745. The van der Waals surface area contributed by atoms with E-state index < -0.39 is 24.0 Å². The Bertz CT molecular complexity index is 859. The maximum Gasteiger partial charge on any atom is 0.358 e. The second kappa shape index (κ2) is 8.92. The molecule has 9 heteroatoms. The quantitative estimate of drug-likeness (QED) is 0.743. The third-order valence-electron chi connectivity index (χ3n) is 3.45. The monoisotopic (exact) mass is 407 g/mol. The maximum absolute atomic E-state index is 13.0. The molecular formula is C19H22FN3O4S. The van der Waals surface area contributed by atoms with Crippen molar-refractivity contribution in [3.63, 3.8) is 0 Å². The molecule has 150 valence electrons. The van der Waals surface area contributed by atoms with Gasteiger partial charge in [0.2, 0.25) is 5.91 Å². The summed E-state index contributed by atoms with van der Waals surface area (Å²) in [6, 6.07) is 5.73. The zero-order valence-corrected chi connectivity index (χ0v) is 16.9. The molecule has 2 amide bonds. The van der Waals surface area contributed by atoms with E-state index in [1.807, 2.05) is 20.8 Å². The van der Waals surface area contributed by atoms with Crippen LogP contribution in [0.25, 0.3) is 10.6 Å². The average Bonchev–Trinajstić information content (AvgIpc) is 3.08. The number of nitrogens with one attached hydrogen (secondary N) is 1. The van der Waals surface area contributed by atoms with E-state index in [-0.39, 0.29) is 24.0 Å². The topological polar surface area (TPSA) is 88.6 Å². The van der Waals surface area contributed by atoms with E-state index in [1.165, 1.54) is 40.8 Å². The SMILES string of the molecule is CN(CC(=O)NC(C)(C)C)C(=O)COC(=O)c1csc(-c2ccc(F)cc2)n1. The average molecular weight is 407 g/mol. The van der Waals surface area contributed by atoms with E-state index in [0.29, 0.717) is 10.6 Å². The molecule has 0 saturated carbocycles. The van der Waals surface area contributed by atoms with Gasteiger partial charge in [-0.15, -0.1) is 11.3 Å². The largest absolute Gasteiger partial charge is 0.451 e. The van der Waals surface area contributed by atoms with Crippen LogP contribution in [0.2, 0.25) is 0 Å². The summed E-state index contributed by atoms with van der Waals surface area (Å²) in [6.07, 6.45) is 0. The van der Waals surface area contributed by atoms with Gasteiger partial charge >= 0.3 is 5.97 Å². The zero-order chi connectivity index (χ0) is 20.9. The molecule has 0 atom stereocenters. The molecule has 7 nitrogen and oxygen atoms in total. The smallest absolute Gasteiger partial charge is 0.358 e. The molecule has 2 aromatic rings. The second-order valence-corrected chi connectivity index (χ2v) is 8.03. The van der Waals surface area contributed by atoms with Gasteiger partial charge in [-0.1, -0.05) is 0 Å². The minimum absolute atomic E-state index is 0.0604. The number of carbonyl (C=O) groups excluding carboxylic acids is 3. The fourth-order valence-corrected chi connectivity index (χ4v) is 2.96. The number of likely N-dealkylation sites (N-methyl/N-ethyl adjacent to an activating group) is 1. The molecule has 1 aromatic carbocycles. The Hall–Kier alpha value is -2.81. The molecule has 0 fully saturated rings. The molecule has 0 bridgehead atoms. The highest BCUT2D eigenvalue weighted by Gasteiger charge is 2.20. The van der Waals surface area contributed by atoms with Gasteiger partial charge in [-0.2, -0.15) is 0 Å². The molecule has 0 aliphatic rings. The van der Waals surface area contributed by atoms with Crippen molar-refractivity contribution in [3.8, 4) is 10.6 Å². The van der Waals surface area contributed by atoms with Crippen LogP contribution in [0.3, 0.4) is 0 Å². The van der Waals surface area contributed by atoms with Crippen LogP contribution >= 0.6 is 11.3 Å². The normalized spacial score (nSPS) is 11.0. The summed E-state index contributed by atoms with van der Waals surface area (Å²) < 4.78 is 18.0. The van der Waals surface area contributed by atoms with Crippen LogP contribution in [-0.2, 0) is 14.3 Å². The summed E-state index contributed by atoms with van der Waals surface area (Å²) in [7, 11) is 1.45. The Kier molecular flexibility index (Phi) is 6.85. The maximum atomic E-state index is 13.0. The number of nitrogens with zero attached hydrogens (tertiary/aromatic N) is 2. The van der Waals surface area contributed by atoms with E-state index in [2.05, 4.69) is 10.3 Å². The van der Waals surface area contributed by atoms with E-state index in [4.69, 9.17) is 4.74 Å². The molecule has 2 rings (SSSR count). The van der Waals surface area contributed by atoms with Gasteiger partial charge in [0, 0.05) is 23.5 Å². The van der Waals surface area contributed by atoms with Gasteiger partial charge in [0.1, 0.15) is 10.8 Å². The van der Waals surface area contributed by atoms with Gasteiger partial charge in [-0.3, -0.25) is 9.59 Å². The van der Waals surface area contributed by atoms with Crippen molar-refractivity contribution in [1.82, 2.24) is 15.2 Å². The summed E-state index contributed by atoms with van der Waals surface area (Å²) in [5, 5.41) is 4.79. The Balaban J connectivity index is 1.87. The Morgan fingerprint density at radius 1 is 1.21 bits per heavy atom. The lowest BCUT2D eigenvalue weighted by Crippen LogP contribution is -2.46. The Morgan fingerprint density at radius 3 is 2.46 bits per heavy atom. The number of thiazole rings is 1. The Labute approximate surface area is 166 Å². The highest BCUT2D eigenvalue weighted by Crippen LogP contribution is 2.24. The lowest BCUT2D eigenvalue weighted by Gasteiger charge is -2.23. The molecule has 0 aliphatic heterocycles. The van der Waals surface area contributed by atoms with Crippen LogP contribution in [0.15, 0.2) is 29.6 Å². The number of hydrogen-bond acceptors (Lipinski definition) is 6. The lowest BCUT2D eigenvalue weighted by molar-refractivity contribution is -0.137. The summed E-state index contributed by atoms with van der Waals surface area (Å²) in [4.78, 5) is 41.3. The molecule has 1 heterocycles. The number of hydrogen-bond donors (Lipinski definition) is 1. The van der Waals surface area contributed by atoms with E-state index in [0.717, 1.165) is 0 Å². The van der Waals surface area contributed by atoms with Crippen molar-refractivity contribution < 1.29 is 23.5 Å². The van der Waals surface area contributed by atoms with Crippen LogP contribution in [0.5, 0.6) is 0 Å². The third-order valence-corrected chi connectivity index (χ3v) is 4.34. The van der Waals surface area contributed by atoms with Gasteiger partial charge in [0.05, 0.1) is 6.54 Å². The zero-order valence-electron chi connectivity index (χ0n) is 16.1. The lowest BCUT2D eigenvalue weighted by atomic mass is 10.1. The van der Waals surface area contributed by atoms with E-state index >= 15 is 0 Å². The molecule has 1 N–H and O–H groups in total. The third kappa shape index (κ3) is 6.41. The van der Waals surface area contributed by atoms with Crippen LogP contribution in [0.1, 0.15) is 31.3 Å². The van der Waals surface area contributed by atoms with Crippen LogP contribution in [-0.4, -0.2) is 53.4 Å². The van der Waals surface area contributed by atoms with Gasteiger partial charge in [-0.25, -0.2) is 14.2 Å². The fraction of sp³-hybridized carbons (Fsp3) is 0.368. The molecule has 0 radical (unpaired) electrons. The van der Waals surface area contributed by atoms with Crippen molar-refractivity contribution in [1.29, 1.82) is 0 Å². The standard InChI is InChI=1S/C19H22FN3O4S/c1-19(2,3)22-15(24)9-23(4)16(25)10-27-18(26)14-11-28-17(21-14)12-5-7-13(20)8-6-12/h5-8,11H,9-10H2,1-4H3,(H,22,24). The number of rotatable bonds is 6. The van der Waals surface area contributed by atoms with Crippen molar-refractivity contribution in [3.05, 3.63) is 41.2 Å². The molecular weight excluding hydrogens is 385 g/mol. The number of halogens is 1. The van der Waals surface area contributed by atoms with Crippen LogP contribution in [0.4, 0.5) is 4.39 Å². The van der Waals surface area contributed by atoms with Crippen LogP contribution < -0.4 is 5.32 Å². The number of esters is 1. The van der Waals surface area contributed by atoms with Crippen molar-refractivity contribution in [2.45, 2.75) is 26.3 Å². The van der Waals surface area contributed by atoms with Gasteiger partial charge < -0.3 is 15.0 Å². The van der Waals surface area contributed by atoms with Crippen LogP contribution in [0, 0.1) is 5.82 Å². The van der Waals surface area contributed by atoms with Gasteiger partial charge in [0.25, 0.3) is 5.91 Å². The first-order chi connectivity index (χ1) is 13.0. The van der Waals surface area contributed by atoms with Gasteiger partial charge in [-0.05, 0) is 45.0 Å². The number of carbonyl (C=O) groups is 3. The first kappa shape index (κ1) is 21.5. The predicted octanol–water partition coefficient (Wildman–Crippen LogP) is 2.48. The fourth-order valence-electron chi connectivity index (χ4n) is 2.17. The highest BCUT2D eigenvalue weighted by molar-refractivity contribution is 7.13. The summed E-state index contributed by atoms with van der Waals surface area (Å²) in [5.41, 5.74) is 0.330. The second-order valence-electron chi connectivity index (χ2n) is 7.17. The van der Waals surface area contributed by atoms with Crippen molar-refractivity contribution in [2.75, 3.05) is 20.2 Å². The molecule has 28 heavy (non-hydrogen) atoms. The molecule has 0 spiro atoms. The Morgan fingerprint density at radius 2 is 1.86 bits per heavy atom. The first-order valence-electron chi connectivity index (χ1n) is 8.49. The summed E-state index contributed by atoms with van der Waals surface area (Å²) in [6.45, 7) is 4.87. The molecule has 0 unspecified atom stereocenters.